The van der Waals surface area contributed by atoms with E-state index in [-0.39, 0.29) is 30.1 Å². The first-order valence-electron chi connectivity index (χ1n) is 8.96. The third kappa shape index (κ3) is 4.17. The Balaban J connectivity index is 1.59. The Labute approximate surface area is 160 Å². The van der Waals surface area contributed by atoms with Crippen molar-refractivity contribution in [1.82, 2.24) is 14.5 Å². The lowest BCUT2D eigenvalue weighted by atomic mass is 10.1. The van der Waals surface area contributed by atoms with Gasteiger partial charge in [-0.2, -0.15) is 4.31 Å². The summed E-state index contributed by atoms with van der Waals surface area (Å²) in [5, 5.41) is 2.96. The molecule has 1 fully saturated rings. The van der Waals surface area contributed by atoms with E-state index < -0.39 is 10.0 Å². The summed E-state index contributed by atoms with van der Waals surface area (Å²) < 4.78 is 32.3. The second-order valence-corrected chi connectivity index (χ2v) is 8.68. The third-order valence-corrected chi connectivity index (χ3v) is 6.71. The maximum absolute atomic E-state index is 12.7. The minimum atomic E-state index is -3.52. The molecule has 1 aliphatic rings. The largest absolute Gasteiger partial charge is 0.466 e. The molecule has 0 radical (unpaired) electrons. The minimum Gasteiger partial charge on any atom is -0.466 e. The highest BCUT2D eigenvalue weighted by molar-refractivity contribution is 7.89. The van der Waals surface area contributed by atoms with Crippen LogP contribution in [0.15, 0.2) is 45.7 Å². The molecule has 3 rings (SSSR count). The van der Waals surface area contributed by atoms with Crippen molar-refractivity contribution in [3.63, 3.8) is 0 Å². The first kappa shape index (κ1) is 19.4. The summed E-state index contributed by atoms with van der Waals surface area (Å²) in [6.45, 7) is 6.93. The first-order valence-corrected chi connectivity index (χ1v) is 10.4. The van der Waals surface area contributed by atoms with Crippen molar-refractivity contribution in [1.29, 1.82) is 0 Å². The van der Waals surface area contributed by atoms with Crippen LogP contribution in [0.2, 0.25) is 0 Å². The van der Waals surface area contributed by atoms with Crippen LogP contribution in [-0.4, -0.2) is 49.8 Å². The molecule has 8 heteroatoms. The van der Waals surface area contributed by atoms with Gasteiger partial charge in [-0.3, -0.25) is 0 Å². The molecular weight excluding hydrogens is 366 g/mol. The molecule has 0 saturated carbocycles. The van der Waals surface area contributed by atoms with Gasteiger partial charge in [-0.05, 0) is 39.0 Å². The maximum Gasteiger partial charge on any atom is 0.317 e. The SMILES string of the molecule is Cc1cc(C(C)NC(=O)N2CCN(S(=O)(=O)c3ccccc3)CC2)c(C)o1. The molecule has 7 nitrogen and oxygen atoms in total. The maximum atomic E-state index is 12.7. The zero-order chi connectivity index (χ0) is 19.6. The summed E-state index contributed by atoms with van der Waals surface area (Å²) in [4.78, 5) is 14.5. The number of hydrogen-bond acceptors (Lipinski definition) is 4. The Kier molecular flexibility index (Phi) is 5.57. The molecule has 1 unspecified atom stereocenters. The fourth-order valence-corrected chi connectivity index (χ4v) is 4.75. The van der Waals surface area contributed by atoms with E-state index in [1.807, 2.05) is 26.8 Å². The normalized spacial score (nSPS) is 16.9. The van der Waals surface area contributed by atoms with Crippen molar-refractivity contribution in [3.8, 4) is 0 Å². The van der Waals surface area contributed by atoms with Crippen LogP contribution >= 0.6 is 0 Å². The highest BCUT2D eigenvalue weighted by Gasteiger charge is 2.30. The Morgan fingerprint density at radius 3 is 2.30 bits per heavy atom. The van der Waals surface area contributed by atoms with Gasteiger partial charge in [-0.1, -0.05) is 18.2 Å². The van der Waals surface area contributed by atoms with Crippen LogP contribution in [0.4, 0.5) is 4.79 Å². The molecule has 1 aromatic carbocycles. The highest BCUT2D eigenvalue weighted by atomic mass is 32.2. The lowest BCUT2D eigenvalue weighted by molar-refractivity contribution is 0.169. The fraction of sp³-hybridized carbons (Fsp3) is 0.421. The number of nitrogens with one attached hydrogen (secondary N) is 1. The average molecular weight is 391 g/mol. The molecule has 1 atom stereocenters. The predicted molar refractivity (Wildman–Crippen MR) is 102 cm³/mol. The van der Waals surface area contributed by atoms with Crippen LogP contribution in [0, 0.1) is 13.8 Å². The van der Waals surface area contributed by atoms with Crippen LogP contribution in [0.25, 0.3) is 0 Å². The Bertz CT molecular complexity index is 900. The molecule has 0 bridgehead atoms. The van der Waals surface area contributed by atoms with Crippen molar-refractivity contribution >= 4 is 16.1 Å². The molecule has 2 heterocycles. The number of rotatable bonds is 4. The Hall–Kier alpha value is -2.32. The molecule has 27 heavy (non-hydrogen) atoms. The summed E-state index contributed by atoms with van der Waals surface area (Å²) in [7, 11) is -3.52. The zero-order valence-corrected chi connectivity index (χ0v) is 16.6. The summed E-state index contributed by atoms with van der Waals surface area (Å²) in [6.07, 6.45) is 0. The van der Waals surface area contributed by atoms with Gasteiger partial charge in [-0.15, -0.1) is 0 Å². The predicted octanol–water partition coefficient (Wildman–Crippen LogP) is 2.67. The van der Waals surface area contributed by atoms with Crippen molar-refractivity contribution in [2.75, 3.05) is 26.2 Å². The van der Waals surface area contributed by atoms with Gasteiger partial charge < -0.3 is 14.6 Å². The molecule has 2 amide bonds. The minimum absolute atomic E-state index is 0.180. The third-order valence-electron chi connectivity index (χ3n) is 4.79. The molecule has 0 spiro atoms. The quantitative estimate of drug-likeness (QED) is 0.869. The van der Waals surface area contributed by atoms with Gasteiger partial charge in [0, 0.05) is 31.7 Å². The number of hydrogen-bond donors (Lipinski definition) is 1. The van der Waals surface area contributed by atoms with Crippen molar-refractivity contribution in [2.45, 2.75) is 31.7 Å². The molecule has 0 aliphatic carbocycles. The van der Waals surface area contributed by atoms with E-state index in [1.165, 1.54) is 4.31 Å². The van der Waals surface area contributed by atoms with Gasteiger partial charge in [0.25, 0.3) is 0 Å². The van der Waals surface area contributed by atoms with Crippen LogP contribution in [0.3, 0.4) is 0 Å². The fourth-order valence-electron chi connectivity index (χ4n) is 3.31. The van der Waals surface area contributed by atoms with Crippen molar-refractivity contribution < 1.29 is 17.6 Å². The van der Waals surface area contributed by atoms with E-state index in [0.29, 0.717) is 13.1 Å². The lowest BCUT2D eigenvalue weighted by Gasteiger charge is -2.34. The number of aryl methyl sites for hydroxylation is 2. The number of carbonyl (C=O) groups excluding carboxylic acids is 1. The number of sulfonamides is 1. The molecule has 146 valence electrons. The molecule has 1 saturated heterocycles. The van der Waals surface area contributed by atoms with E-state index in [9.17, 15) is 13.2 Å². The smallest absolute Gasteiger partial charge is 0.317 e. The summed E-state index contributed by atoms with van der Waals surface area (Å²) in [5.74, 6) is 1.60. The zero-order valence-electron chi connectivity index (χ0n) is 15.8. The first-order chi connectivity index (χ1) is 12.8. The molecule has 1 N–H and O–H groups in total. The van der Waals surface area contributed by atoms with Gasteiger partial charge in [0.05, 0.1) is 10.9 Å². The average Bonchev–Trinajstić information content (AvgIpc) is 3.01. The Morgan fingerprint density at radius 2 is 1.74 bits per heavy atom. The number of piperazine rings is 1. The van der Waals surface area contributed by atoms with Gasteiger partial charge in [0.2, 0.25) is 10.0 Å². The van der Waals surface area contributed by atoms with Gasteiger partial charge in [0.1, 0.15) is 11.5 Å². The molecule has 1 aromatic heterocycles. The van der Waals surface area contributed by atoms with E-state index in [4.69, 9.17) is 4.42 Å². The van der Waals surface area contributed by atoms with Crippen molar-refractivity contribution in [2.24, 2.45) is 0 Å². The van der Waals surface area contributed by atoms with E-state index in [1.54, 1.807) is 35.2 Å². The van der Waals surface area contributed by atoms with Crippen LogP contribution in [0.5, 0.6) is 0 Å². The summed E-state index contributed by atoms with van der Waals surface area (Å²) in [5.41, 5.74) is 0.950. The lowest BCUT2D eigenvalue weighted by Crippen LogP contribution is -2.53. The standard InChI is InChI=1S/C19H25N3O4S/c1-14-13-18(16(3)26-14)15(2)20-19(23)21-9-11-22(12-10-21)27(24,25)17-7-5-4-6-8-17/h4-8,13,15H,9-12H2,1-3H3,(H,20,23). The summed E-state index contributed by atoms with van der Waals surface area (Å²) in [6, 6.07) is 9.92. The number of urea groups is 1. The molecular formula is C19H25N3O4S. The highest BCUT2D eigenvalue weighted by Crippen LogP contribution is 2.22. The van der Waals surface area contributed by atoms with Crippen molar-refractivity contribution in [3.05, 3.63) is 53.5 Å². The second kappa shape index (κ2) is 7.74. The van der Waals surface area contributed by atoms with Gasteiger partial charge >= 0.3 is 6.03 Å². The Morgan fingerprint density at radius 1 is 1.11 bits per heavy atom. The van der Waals surface area contributed by atoms with Crippen LogP contribution in [0.1, 0.15) is 30.0 Å². The van der Waals surface area contributed by atoms with Crippen LogP contribution < -0.4 is 5.32 Å². The monoisotopic (exact) mass is 391 g/mol. The van der Waals surface area contributed by atoms with Gasteiger partial charge in [-0.25, -0.2) is 13.2 Å². The number of benzene rings is 1. The van der Waals surface area contributed by atoms with Gasteiger partial charge in [0.15, 0.2) is 0 Å². The van der Waals surface area contributed by atoms with E-state index in [2.05, 4.69) is 5.32 Å². The number of furan rings is 1. The number of carbonyl (C=O) groups is 1. The number of nitrogens with zero attached hydrogens (tertiary/aromatic N) is 2. The summed E-state index contributed by atoms with van der Waals surface area (Å²) >= 11 is 0. The topological polar surface area (TPSA) is 82.9 Å². The molecule has 2 aromatic rings. The molecule has 1 aliphatic heterocycles. The van der Waals surface area contributed by atoms with E-state index >= 15 is 0 Å². The van der Waals surface area contributed by atoms with Crippen LogP contribution in [-0.2, 0) is 10.0 Å². The number of amides is 2. The second-order valence-electron chi connectivity index (χ2n) is 6.74. The van der Waals surface area contributed by atoms with E-state index in [0.717, 1.165) is 17.1 Å².